The van der Waals surface area contributed by atoms with Gasteiger partial charge in [0.25, 0.3) is 0 Å². The number of benzene rings is 3. The smallest absolute Gasteiger partial charge is 0.319 e. The third-order valence-electron chi connectivity index (χ3n) is 4.97. The number of nitrogens with one attached hydrogen (secondary N) is 3. The van der Waals surface area contributed by atoms with E-state index in [1.807, 2.05) is 91.0 Å². The Bertz CT molecular complexity index is 1220. The van der Waals surface area contributed by atoms with Crippen molar-refractivity contribution in [3.8, 4) is 11.1 Å². The topological polar surface area (TPSA) is 83.1 Å². The predicted molar refractivity (Wildman–Crippen MR) is 132 cm³/mol. The van der Waals surface area contributed by atoms with E-state index < -0.39 is 11.0 Å². The molecule has 7 heteroatoms. The van der Waals surface area contributed by atoms with Crippen LogP contribution in [0.15, 0.2) is 108 Å². The second-order valence-corrected chi connectivity index (χ2v) is 8.58. The number of hydrogen-bond donors (Lipinski definition) is 3. The van der Waals surface area contributed by atoms with Gasteiger partial charge < -0.3 is 10.6 Å². The maximum Gasteiger partial charge on any atom is 0.319 e. The Morgan fingerprint density at radius 3 is 2.30 bits per heavy atom. The zero-order valence-corrected chi connectivity index (χ0v) is 18.7. The third kappa shape index (κ3) is 6.35. The number of carbonyl (C=O) groups is 1. The molecule has 1 atom stereocenters. The van der Waals surface area contributed by atoms with E-state index in [1.54, 1.807) is 12.4 Å². The molecule has 0 aliphatic carbocycles. The van der Waals surface area contributed by atoms with Crippen LogP contribution in [0.2, 0.25) is 0 Å². The Kier molecular flexibility index (Phi) is 7.58. The molecule has 4 rings (SSSR count). The first-order valence-corrected chi connectivity index (χ1v) is 11.7. The van der Waals surface area contributed by atoms with Gasteiger partial charge >= 0.3 is 6.03 Å². The van der Waals surface area contributed by atoms with Gasteiger partial charge in [-0.25, -0.2) is 13.7 Å². The van der Waals surface area contributed by atoms with Gasteiger partial charge in [-0.3, -0.25) is 4.98 Å². The molecule has 0 aliphatic heterocycles. The number of anilines is 1. The second-order valence-electron chi connectivity index (χ2n) is 7.32. The Hall–Kier alpha value is -3.81. The quantitative estimate of drug-likeness (QED) is 0.353. The van der Waals surface area contributed by atoms with Crippen molar-refractivity contribution in [3.63, 3.8) is 0 Å². The lowest BCUT2D eigenvalue weighted by Crippen LogP contribution is -2.28. The molecule has 0 radical (unpaired) electrons. The van der Waals surface area contributed by atoms with Crippen molar-refractivity contribution in [1.82, 2.24) is 15.0 Å². The van der Waals surface area contributed by atoms with E-state index >= 15 is 0 Å². The molecular weight excluding hydrogens is 432 g/mol. The lowest BCUT2D eigenvalue weighted by Gasteiger charge is -2.11. The van der Waals surface area contributed by atoms with Crippen LogP contribution in [0.3, 0.4) is 0 Å². The van der Waals surface area contributed by atoms with E-state index in [0.29, 0.717) is 18.8 Å². The lowest BCUT2D eigenvalue weighted by atomic mass is 10.1. The van der Waals surface area contributed by atoms with Crippen molar-refractivity contribution >= 4 is 22.7 Å². The van der Waals surface area contributed by atoms with Crippen molar-refractivity contribution < 1.29 is 9.00 Å². The molecule has 0 saturated carbocycles. The first-order chi connectivity index (χ1) is 16.2. The minimum Gasteiger partial charge on any atom is -0.334 e. The Balaban J connectivity index is 1.31. The number of aromatic nitrogens is 1. The van der Waals surface area contributed by atoms with Gasteiger partial charge in [-0.1, -0.05) is 66.7 Å². The minimum absolute atomic E-state index is 0.289. The summed E-state index contributed by atoms with van der Waals surface area (Å²) in [5, 5.41) is 5.60. The fourth-order valence-electron chi connectivity index (χ4n) is 3.28. The molecule has 4 aromatic rings. The molecule has 6 nitrogen and oxygen atoms in total. The van der Waals surface area contributed by atoms with Gasteiger partial charge in [0, 0.05) is 31.2 Å². The first-order valence-electron chi connectivity index (χ1n) is 10.5. The minimum atomic E-state index is -1.37. The fourth-order valence-corrected chi connectivity index (χ4v) is 4.32. The number of nitrogens with zero attached hydrogens (tertiary/aromatic N) is 1. The Morgan fingerprint density at radius 1 is 0.788 bits per heavy atom. The normalized spacial score (nSPS) is 11.5. The third-order valence-corrected chi connectivity index (χ3v) is 6.13. The van der Waals surface area contributed by atoms with E-state index in [2.05, 4.69) is 20.3 Å². The molecule has 2 amide bonds. The molecule has 1 unspecified atom stereocenters. The van der Waals surface area contributed by atoms with Gasteiger partial charge in [0.15, 0.2) is 0 Å². The molecule has 0 fully saturated rings. The van der Waals surface area contributed by atoms with Gasteiger partial charge in [0.2, 0.25) is 0 Å². The highest BCUT2D eigenvalue weighted by molar-refractivity contribution is 7.83. The van der Waals surface area contributed by atoms with Crippen LogP contribution in [0.4, 0.5) is 10.5 Å². The number of rotatable bonds is 8. The maximum atomic E-state index is 12.9. The van der Waals surface area contributed by atoms with Crippen LogP contribution in [0.1, 0.15) is 11.1 Å². The van der Waals surface area contributed by atoms with Crippen LogP contribution >= 0.6 is 0 Å². The molecule has 33 heavy (non-hydrogen) atoms. The zero-order chi connectivity index (χ0) is 22.9. The molecule has 1 heterocycles. The fraction of sp³-hybridized carbons (Fsp3) is 0.0769. The molecule has 166 valence electrons. The summed E-state index contributed by atoms with van der Waals surface area (Å²) in [6.45, 7) is 0.834. The van der Waals surface area contributed by atoms with Crippen LogP contribution in [0, 0.1) is 0 Å². The van der Waals surface area contributed by atoms with E-state index in [1.165, 1.54) is 0 Å². The Labute approximate surface area is 195 Å². The van der Waals surface area contributed by atoms with Crippen molar-refractivity contribution in [2.45, 2.75) is 18.0 Å². The highest BCUT2D eigenvalue weighted by atomic mass is 32.2. The molecule has 0 spiro atoms. The van der Waals surface area contributed by atoms with Crippen molar-refractivity contribution in [2.75, 3.05) is 5.32 Å². The summed E-state index contributed by atoms with van der Waals surface area (Å²) in [6, 6.07) is 28.5. The average molecular weight is 457 g/mol. The maximum absolute atomic E-state index is 12.9. The lowest BCUT2D eigenvalue weighted by molar-refractivity contribution is 0.251. The van der Waals surface area contributed by atoms with E-state index in [0.717, 1.165) is 27.1 Å². The number of amides is 2. The first kappa shape index (κ1) is 22.4. The SMILES string of the molecule is O=C(NCc1cccnc1)Nc1ccc(CNS(=O)c2ccccc2-c2ccccc2)cc1. The summed E-state index contributed by atoms with van der Waals surface area (Å²) >= 11 is 0. The molecule has 1 aromatic heterocycles. The van der Waals surface area contributed by atoms with Crippen molar-refractivity contribution in [2.24, 2.45) is 0 Å². The summed E-state index contributed by atoms with van der Waals surface area (Å²) in [5.74, 6) is 0. The summed E-state index contributed by atoms with van der Waals surface area (Å²) in [4.78, 5) is 16.9. The van der Waals surface area contributed by atoms with E-state index in [-0.39, 0.29) is 6.03 Å². The highest BCUT2D eigenvalue weighted by Gasteiger charge is 2.11. The largest absolute Gasteiger partial charge is 0.334 e. The molecule has 0 bridgehead atoms. The molecule has 0 aliphatic rings. The van der Waals surface area contributed by atoms with Gasteiger partial charge in [-0.15, -0.1) is 0 Å². The number of pyridine rings is 1. The van der Waals surface area contributed by atoms with Gasteiger partial charge in [0.1, 0.15) is 11.0 Å². The highest BCUT2D eigenvalue weighted by Crippen LogP contribution is 2.25. The standard InChI is InChI=1S/C26H24N4O2S/c31-26(28-18-21-7-6-16-27-17-21)30-23-14-12-20(13-15-23)19-29-33(32)25-11-5-4-10-24(25)22-8-2-1-3-9-22/h1-17,29H,18-19H2,(H2,28,30,31). The summed E-state index contributed by atoms with van der Waals surface area (Å²) in [6.07, 6.45) is 3.40. The predicted octanol–water partition coefficient (Wildman–Crippen LogP) is 4.88. The Morgan fingerprint density at radius 2 is 1.55 bits per heavy atom. The van der Waals surface area contributed by atoms with Crippen LogP contribution in [-0.4, -0.2) is 15.2 Å². The molecular formula is C26H24N4O2S. The van der Waals surface area contributed by atoms with Gasteiger partial charge in [-0.05, 0) is 46.5 Å². The average Bonchev–Trinajstić information content (AvgIpc) is 2.88. The van der Waals surface area contributed by atoms with E-state index in [9.17, 15) is 9.00 Å². The van der Waals surface area contributed by atoms with Crippen LogP contribution < -0.4 is 15.4 Å². The van der Waals surface area contributed by atoms with Crippen LogP contribution in [0.25, 0.3) is 11.1 Å². The molecule has 3 N–H and O–H groups in total. The number of hydrogen-bond acceptors (Lipinski definition) is 3. The summed E-state index contributed by atoms with van der Waals surface area (Å²) in [5.41, 5.74) is 4.54. The second kappa shape index (κ2) is 11.2. The van der Waals surface area contributed by atoms with Crippen LogP contribution in [0.5, 0.6) is 0 Å². The van der Waals surface area contributed by atoms with E-state index in [4.69, 9.17) is 0 Å². The van der Waals surface area contributed by atoms with Gasteiger partial charge in [0.05, 0.1) is 4.90 Å². The number of carbonyl (C=O) groups excluding carboxylic acids is 1. The number of urea groups is 1. The summed E-state index contributed by atoms with van der Waals surface area (Å²) in [7, 11) is -1.37. The summed E-state index contributed by atoms with van der Waals surface area (Å²) < 4.78 is 16.0. The van der Waals surface area contributed by atoms with Crippen molar-refractivity contribution in [1.29, 1.82) is 0 Å². The molecule has 3 aromatic carbocycles. The molecule has 0 saturated heterocycles. The van der Waals surface area contributed by atoms with Crippen molar-refractivity contribution in [3.05, 3.63) is 115 Å². The zero-order valence-electron chi connectivity index (χ0n) is 17.9. The van der Waals surface area contributed by atoms with Crippen LogP contribution in [-0.2, 0) is 24.1 Å². The van der Waals surface area contributed by atoms with Gasteiger partial charge in [-0.2, -0.15) is 0 Å². The monoisotopic (exact) mass is 456 g/mol.